The maximum Gasteiger partial charge on any atom is 0.191 e. The molecule has 0 radical (unpaired) electrons. The van der Waals surface area contributed by atoms with Crippen molar-refractivity contribution in [1.29, 1.82) is 0 Å². The Balaban J connectivity index is 1.55. The van der Waals surface area contributed by atoms with Crippen molar-refractivity contribution in [2.24, 2.45) is 12.0 Å². The van der Waals surface area contributed by atoms with Crippen LogP contribution in [0.15, 0.2) is 52.6 Å². The molecule has 4 rings (SSSR count). The zero-order chi connectivity index (χ0) is 19.0. The van der Waals surface area contributed by atoms with Crippen LogP contribution < -0.4 is 0 Å². The lowest BCUT2D eigenvalue weighted by molar-refractivity contribution is 0.0999. The van der Waals surface area contributed by atoms with Crippen LogP contribution in [0.1, 0.15) is 27.9 Å². The summed E-state index contributed by atoms with van der Waals surface area (Å²) in [5, 5.41) is 9.43. The van der Waals surface area contributed by atoms with Crippen molar-refractivity contribution in [3.05, 3.63) is 59.2 Å². The number of rotatable bonds is 4. The van der Waals surface area contributed by atoms with Gasteiger partial charge in [0.05, 0.1) is 12.1 Å². The summed E-state index contributed by atoms with van der Waals surface area (Å²) in [5.74, 6) is 1.60. The fourth-order valence-electron chi connectivity index (χ4n) is 3.39. The molecule has 2 heterocycles. The number of fused-ring (bicyclic) bond motifs is 1. The first-order valence-corrected chi connectivity index (χ1v) is 9.80. The number of hydrogen-bond acceptors (Lipinski definition) is 5. The van der Waals surface area contributed by atoms with Gasteiger partial charge in [0.1, 0.15) is 0 Å². The summed E-state index contributed by atoms with van der Waals surface area (Å²) in [5.41, 5.74) is 5.60. The van der Waals surface area contributed by atoms with E-state index in [1.807, 2.05) is 67.9 Å². The van der Waals surface area contributed by atoms with Crippen LogP contribution in [0.5, 0.6) is 0 Å². The van der Waals surface area contributed by atoms with Gasteiger partial charge in [0.15, 0.2) is 16.8 Å². The highest BCUT2D eigenvalue weighted by Crippen LogP contribution is 2.31. The Kier molecular flexibility index (Phi) is 4.66. The second kappa shape index (κ2) is 7.12. The molecule has 1 aliphatic heterocycles. The van der Waals surface area contributed by atoms with E-state index in [0.717, 1.165) is 44.6 Å². The van der Waals surface area contributed by atoms with E-state index >= 15 is 0 Å². The highest BCUT2D eigenvalue weighted by molar-refractivity contribution is 7.99. The van der Waals surface area contributed by atoms with Crippen LogP contribution in [0, 0.1) is 13.8 Å². The number of carbonyl (C=O) groups is 1. The number of Topliss-reactive ketones (excluding diaryl/α,β-unsaturated/α-hetero) is 1. The number of benzene rings is 2. The maximum absolute atomic E-state index is 12.6. The molecule has 6 heteroatoms. The third-order valence-electron chi connectivity index (χ3n) is 4.62. The molecule has 3 aromatic rings. The highest BCUT2D eigenvalue weighted by Gasteiger charge is 2.23. The summed E-state index contributed by atoms with van der Waals surface area (Å²) < 4.78 is 1.98. The summed E-state index contributed by atoms with van der Waals surface area (Å²) in [6, 6.07) is 14.0. The van der Waals surface area contributed by atoms with Gasteiger partial charge in [-0.05, 0) is 31.0 Å². The number of aliphatic imine (C=N–C) groups is 1. The smallest absolute Gasteiger partial charge is 0.191 e. The lowest BCUT2D eigenvalue weighted by Crippen LogP contribution is -2.16. The van der Waals surface area contributed by atoms with E-state index in [1.54, 1.807) is 11.8 Å². The van der Waals surface area contributed by atoms with Gasteiger partial charge in [0, 0.05) is 29.6 Å². The van der Waals surface area contributed by atoms with Crippen molar-refractivity contribution in [3.63, 3.8) is 0 Å². The van der Waals surface area contributed by atoms with E-state index in [-0.39, 0.29) is 5.78 Å². The minimum Gasteiger partial charge on any atom is -0.305 e. The van der Waals surface area contributed by atoms with Crippen LogP contribution in [0.3, 0.4) is 0 Å². The van der Waals surface area contributed by atoms with Crippen LogP contribution in [-0.4, -0.2) is 32.0 Å². The normalized spacial score (nSPS) is 13.4. The van der Waals surface area contributed by atoms with Crippen molar-refractivity contribution < 1.29 is 4.79 Å². The zero-order valence-electron chi connectivity index (χ0n) is 15.6. The van der Waals surface area contributed by atoms with Crippen LogP contribution in [0.2, 0.25) is 0 Å². The number of nitrogens with zero attached hydrogens (tertiary/aromatic N) is 4. The molecule has 1 aliphatic rings. The molecule has 27 heavy (non-hydrogen) atoms. The fourth-order valence-corrected chi connectivity index (χ4v) is 4.23. The number of thioether (sulfide) groups is 1. The quantitative estimate of drug-likeness (QED) is 0.627. The predicted octanol–water partition coefficient (Wildman–Crippen LogP) is 4.55. The van der Waals surface area contributed by atoms with Gasteiger partial charge < -0.3 is 4.57 Å². The van der Waals surface area contributed by atoms with Gasteiger partial charge in [-0.2, -0.15) is 0 Å². The first kappa shape index (κ1) is 17.7. The molecule has 0 atom stereocenters. The Bertz CT molecular complexity index is 1050. The molecular formula is C21H20N4OS. The molecule has 0 fully saturated rings. The van der Waals surface area contributed by atoms with E-state index in [0.29, 0.717) is 12.2 Å². The molecule has 5 nitrogen and oxygen atoms in total. The molecule has 2 aromatic carbocycles. The number of aryl methyl sites for hydroxylation is 2. The van der Waals surface area contributed by atoms with E-state index in [1.165, 1.54) is 0 Å². The van der Waals surface area contributed by atoms with Crippen LogP contribution >= 0.6 is 11.8 Å². The topological polar surface area (TPSA) is 60.1 Å². The van der Waals surface area contributed by atoms with Crippen molar-refractivity contribution in [2.45, 2.75) is 25.4 Å². The summed E-state index contributed by atoms with van der Waals surface area (Å²) in [6.07, 6.45) is 0.368. The van der Waals surface area contributed by atoms with Crippen LogP contribution in [-0.2, 0) is 7.05 Å². The molecule has 136 valence electrons. The second-order valence-electron chi connectivity index (χ2n) is 6.77. The Morgan fingerprint density at radius 2 is 1.89 bits per heavy atom. The average molecular weight is 376 g/mol. The van der Waals surface area contributed by atoms with Crippen molar-refractivity contribution in [3.8, 4) is 11.4 Å². The lowest BCUT2D eigenvalue weighted by Gasteiger charge is -2.17. The first-order valence-electron chi connectivity index (χ1n) is 8.81. The molecular weight excluding hydrogens is 356 g/mol. The largest absolute Gasteiger partial charge is 0.305 e. The minimum absolute atomic E-state index is 0.149. The summed E-state index contributed by atoms with van der Waals surface area (Å²) in [4.78, 5) is 17.3. The molecule has 0 saturated heterocycles. The fraction of sp³-hybridized carbons (Fsp3) is 0.238. The summed E-state index contributed by atoms with van der Waals surface area (Å²) in [6.45, 7) is 4.00. The van der Waals surface area contributed by atoms with Gasteiger partial charge in [-0.15, -0.1) is 10.2 Å². The number of carbonyl (C=O) groups excluding carboxylic acids is 1. The van der Waals surface area contributed by atoms with Gasteiger partial charge in [0.25, 0.3) is 0 Å². The van der Waals surface area contributed by atoms with Crippen molar-refractivity contribution in [1.82, 2.24) is 14.8 Å². The molecule has 0 spiro atoms. The third kappa shape index (κ3) is 3.45. The second-order valence-corrected chi connectivity index (χ2v) is 7.72. The molecule has 0 saturated carbocycles. The predicted molar refractivity (Wildman–Crippen MR) is 109 cm³/mol. The highest BCUT2D eigenvalue weighted by atomic mass is 32.2. The Morgan fingerprint density at radius 3 is 2.67 bits per heavy atom. The summed E-state index contributed by atoms with van der Waals surface area (Å²) in [7, 11) is 1.96. The van der Waals surface area contributed by atoms with Crippen LogP contribution in [0.4, 0.5) is 5.69 Å². The molecule has 0 aliphatic carbocycles. The monoisotopic (exact) mass is 376 g/mol. The molecule has 0 unspecified atom stereocenters. The molecule has 0 amide bonds. The van der Waals surface area contributed by atoms with Gasteiger partial charge in [-0.1, -0.05) is 48.2 Å². The number of hydrogen-bond donors (Lipinski definition) is 0. The van der Waals surface area contributed by atoms with Gasteiger partial charge in [0.2, 0.25) is 0 Å². The lowest BCUT2D eigenvalue weighted by atomic mass is 9.94. The first-order chi connectivity index (χ1) is 13.0. The van der Waals surface area contributed by atoms with Crippen LogP contribution in [0.25, 0.3) is 11.4 Å². The van der Waals surface area contributed by atoms with Gasteiger partial charge in [-0.3, -0.25) is 9.79 Å². The number of ketones is 1. The Morgan fingerprint density at radius 1 is 1.11 bits per heavy atom. The van der Waals surface area contributed by atoms with E-state index in [4.69, 9.17) is 4.99 Å². The van der Waals surface area contributed by atoms with E-state index in [2.05, 4.69) is 10.2 Å². The Hall–Kier alpha value is -2.73. The molecule has 1 aromatic heterocycles. The zero-order valence-corrected chi connectivity index (χ0v) is 16.4. The minimum atomic E-state index is 0.149. The van der Waals surface area contributed by atoms with Gasteiger partial charge >= 0.3 is 0 Å². The van der Waals surface area contributed by atoms with Crippen molar-refractivity contribution in [2.75, 3.05) is 5.75 Å². The third-order valence-corrected chi connectivity index (χ3v) is 5.71. The van der Waals surface area contributed by atoms with E-state index in [9.17, 15) is 4.79 Å². The van der Waals surface area contributed by atoms with Crippen molar-refractivity contribution >= 4 is 28.9 Å². The Labute approximate surface area is 162 Å². The standard InChI is InChI=1S/C21H20N4OS/c1-13-9-14(2)19-17(10-13)22-16(11-18(19)26)12-27-21-24-23-20(25(21)3)15-7-5-4-6-8-15/h4-10H,11-12H2,1-3H3. The summed E-state index contributed by atoms with van der Waals surface area (Å²) >= 11 is 1.56. The average Bonchev–Trinajstić information content (AvgIpc) is 3.00. The van der Waals surface area contributed by atoms with Gasteiger partial charge in [-0.25, -0.2) is 0 Å². The SMILES string of the molecule is Cc1cc(C)c2c(c1)N=C(CSc1nnc(-c3ccccc3)n1C)CC2=O. The molecule has 0 N–H and O–H groups in total. The molecule has 0 bridgehead atoms. The maximum atomic E-state index is 12.6. The van der Waals surface area contributed by atoms with E-state index < -0.39 is 0 Å². The number of aromatic nitrogens is 3.